The van der Waals surface area contributed by atoms with Crippen molar-refractivity contribution < 1.29 is 9.59 Å². The maximum atomic E-state index is 12.0. The third kappa shape index (κ3) is 6.86. The number of hydrogen-bond acceptors (Lipinski definition) is 2. The van der Waals surface area contributed by atoms with Crippen LogP contribution in [0.25, 0.3) is 0 Å². The van der Waals surface area contributed by atoms with Crippen molar-refractivity contribution >= 4 is 11.6 Å². The van der Waals surface area contributed by atoms with Crippen LogP contribution in [0.15, 0.2) is 85.0 Å². The van der Waals surface area contributed by atoms with Crippen molar-refractivity contribution in [2.24, 2.45) is 0 Å². The quantitative estimate of drug-likeness (QED) is 0.374. The topological polar surface area (TPSA) is 34.1 Å². The maximum Gasteiger partial charge on any atom is 0.192 e. The molecule has 0 heterocycles. The largest absolute Gasteiger partial charge is 0.295 e. The molecule has 2 nitrogen and oxygen atoms in total. The zero-order valence-corrected chi connectivity index (χ0v) is 16.0. The standard InChI is InChI=1S/C15H16O.C9H10O/c1-4-6-7-13(5-2)15(16)14-10-8-12(3)9-11-14;1-7-3-5-9(6-4-7)8(2)10/h4-11H,2H2,1,3H3;3-6H,1-2H3/b6-4-,13-7+;. The normalized spacial score (nSPS) is 10.8. The fourth-order valence-corrected chi connectivity index (χ4v) is 2.10. The molecule has 0 aliphatic carbocycles. The molecule has 0 unspecified atom stereocenters. The fourth-order valence-electron chi connectivity index (χ4n) is 2.10. The molecule has 0 bridgehead atoms. The van der Waals surface area contributed by atoms with Crippen LogP contribution in [0.1, 0.15) is 45.7 Å². The Morgan fingerprint density at radius 2 is 1.31 bits per heavy atom. The van der Waals surface area contributed by atoms with E-state index in [4.69, 9.17) is 0 Å². The molecule has 0 N–H and O–H groups in total. The van der Waals surface area contributed by atoms with Crippen LogP contribution in [-0.2, 0) is 0 Å². The average Bonchev–Trinajstić information content (AvgIpc) is 2.63. The van der Waals surface area contributed by atoms with E-state index >= 15 is 0 Å². The molecule has 0 saturated heterocycles. The Kier molecular flexibility index (Phi) is 8.72. The van der Waals surface area contributed by atoms with Crippen molar-refractivity contribution in [1.82, 2.24) is 0 Å². The highest BCUT2D eigenvalue weighted by Gasteiger charge is 2.07. The summed E-state index contributed by atoms with van der Waals surface area (Å²) in [5.74, 6) is 0.133. The van der Waals surface area contributed by atoms with Crippen molar-refractivity contribution in [3.63, 3.8) is 0 Å². The van der Waals surface area contributed by atoms with E-state index in [2.05, 4.69) is 6.58 Å². The predicted molar refractivity (Wildman–Crippen MR) is 110 cm³/mol. The highest BCUT2D eigenvalue weighted by Crippen LogP contribution is 2.11. The molecule has 0 aromatic heterocycles. The second-order valence-corrected chi connectivity index (χ2v) is 5.97. The molecule has 2 aromatic carbocycles. The monoisotopic (exact) mass is 346 g/mol. The minimum atomic E-state index is 0.00750. The Bertz CT molecular complexity index is 804. The van der Waals surface area contributed by atoms with Gasteiger partial charge in [-0.2, -0.15) is 0 Å². The van der Waals surface area contributed by atoms with Crippen molar-refractivity contribution in [3.05, 3.63) is 107 Å². The molecule has 26 heavy (non-hydrogen) atoms. The van der Waals surface area contributed by atoms with Gasteiger partial charge in [0.05, 0.1) is 0 Å². The summed E-state index contributed by atoms with van der Waals surface area (Å²) in [6.45, 7) is 11.1. The second kappa shape index (κ2) is 10.8. The first-order chi connectivity index (χ1) is 12.4. The van der Waals surface area contributed by atoms with E-state index in [1.54, 1.807) is 19.1 Å². The van der Waals surface area contributed by atoms with Crippen LogP contribution in [0.3, 0.4) is 0 Å². The molecule has 0 amide bonds. The molecule has 2 heteroatoms. The molecule has 0 spiro atoms. The molecule has 2 rings (SSSR count). The van der Waals surface area contributed by atoms with E-state index < -0.39 is 0 Å². The van der Waals surface area contributed by atoms with Gasteiger partial charge in [0.25, 0.3) is 0 Å². The van der Waals surface area contributed by atoms with E-state index in [9.17, 15) is 9.59 Å². The number of carbonyl (C=O) groups is 2. The van der Waals surface area contributed by atoms with Gasteiger partial charge >= 0.3 is 0 Å². The number of Topliss-reactive ketones (excluding diaryl/α,β-unsaturated/α-hetero) is 2. The minimum absolute atomic E-state index is 0.00750. The zero-order valence-electron chi connectivity index (χ0n) is 16.0. The van der Waals surface area contributed by atoms with Gasteiger partial charge in [0.15, 0.2) is 11.6 Å². The van der Waals surface area contributed by atoms with Gasteiger partial charge in [0, 0.05) is 16.7 Å². The highest BCUT2D eigenvalue weighted by atomic mass is 16.1. The Labute approximate surface area is 156 Å². The first kappa shape index (κ1) is 21.0. The SMILES string of the molecule is C=C/C(=C\C=C/C)C(=O)c1ccc(C)cc1.CC(=O)c1ccc(C)cc1. The molecule has 0 saturated carbocycles. The third-order valence-electron chi connectivity index (χ3n) is 3.72. The van der Waals surface area contributed by atoms with Crippen LogP contribution in [0.4, 0.5) is 0 Å². The molecule has 0 aliphatic heterocycles. The zero-order chi connectivity index (χ0) is 19.5. The van der Waals surface area contributed by atoms with Gasteiger partial charge in [-0.3, -0.25) is 9.59 Å². The summed E-state index contributed by atoms with van der Waals surface area (Å²) in [7, 11) is 0. The molecular formula is C24H26O2. The van der Waals surface area contributed by atoms with Gasteiger partial charge in [0.1, 0.15) is 0 Å². The number of hydrogen-bond donors (Lipinski definition) is 0. The lowest BCUT2D eigenvalue weighted by atomic mass is 10.0. The van der Waals surface area contributed by atoms with Crippen LogP contribution >= 0.6 is 0 Å². The average molecular weight is 346 g/mol. The fraction of sp³-hybridized carbons (Fsp3) is 0.167. The van der Waals surface area contributed by atoms with Crippen LogP contribution < -0.4 is 0 Å². The summed E-state index contributed by atoms with van der Waals surface area (Å²) in [5.41, 5.74) is 4.42. The summed E-state index contributed by atoms with van der Waals surface area (Å²) in [5, 5.41) is 0. The first-order valence-electron chi connectivity index (χ1n) is 8.53. The number of carbonyl (C=O) groups excluding carboxylic acids is 2. The number of allylic oxidation sites excluding steroid dienone is 5. The molecule has 0 radical (unpaired) electrons. The molecule has 2 aromatic rings. The lowest BCUT2D eigenvalue weighted by Gasteiger charge is -2.01. The van der Waals surface area contributed by atoms with E-state index in [-0.39, 0.29) is 11.6 Å². The van der Waals surface area contributed by atoms with Gasteiger partial charge in [-0.25, -0.2) is 0 Å². The summed E-state index contributed by atoms with van der Waals surface area (Å²) in [6.07, 6.45) is 7.08. The highest BCUT2D eigenvalue weighted by molar-refractivity contribution is 6.10. The van der Waals surface area contributed by atoms with Crippen LogP contribution in [0.5, 0.6) is 0 Å². The number of rotatable bonds is 5. The molecule has 134 valence electrons. The number of ketones is 2. The summed E-state index contributed by atoms with van der Waals surface area (Å²) in [4.78, 5) is 22.8. The lowest BCUT2D eigenvalue weighted by Crippen LogP contribution is -2.00. The van der Waals surface area contributed by atoms with Gasteiger partial charge in [-0.05, 0) is 27.7 Å². The Hall–Kier alpha value is -3.00. The molecular weight excluding hydrogens is 320 g/mol. The van der Waals surface area contributed by atoms with Gasteiger partial charge in [0.2, 0.25) is 0 Å². The molecule has 0 aliphatic rings. The molecule has 0 atom stereocenters. The number of aryl methyl sites for hydroxylation is 2. The van der Waals surface area contributed by atoms with E-state index in [1.807, 2.05) is 81.5 Å². The van der Waals surface area contributed by atoms with Crippen molar-refractivity contribution in [1.29, 1.82) is 0 Å². The van der Waals surface area contributed by atoms with Crippen LogP contribution in [0, 0.1) is 13.8 Å². The second-order valence-electron chi connectivity index (χ2n) is 5.97. The van der Waals surface area contributed by atoms with Crippen molar-refractivity contribution in [2.45, 2.75) is 27.7 Å². The Morgan fingerprint density at radius 1 is 0.846 bits per heavy atom. The van der Waals surface area contributed by atoms with E-state index in [0.717, 1.165) is 11.1 Å². The van der Waals surface area contributed by atoms with Crippen LogP contribution in [0.2, 0.25) is 0 Å². The molecule has 0 fully saturated rings. The summed E-state index contributed by atoms with van der Waals surface area (Å²) < 4.78 is 0. The predicted octanol–water partition coefficient (Wildman–Crippen LogP) is 6.06. The Balaban J connectivity index is 0.000000289. The van der Waals surface area contributed by atoms with Crippen molar-refractivity contribution in [2.75, 3.05) is 0 Å². The van der Waals surface area contributed by atoms with Gasteiger partial charge in [-0.15, -0.1) is 0 Å². The van der Waals surface area contributed by atoms with Crippen LogP contribution in [-0.4, -0.2) is 11.6 Å². The van der Waals surface area contributed by atoms with E-state index in [0.29, 0.717) is 11.1 Å². The number of benzene rings is 2. The Morgan fingerprint density at radius 3 is 1.69 bits per heavy atom. The van der Waals surface area contributed by atoms with Crippen molar-refractivity contribution in [3.8, 4) is 0 Å². The first-order valence-corrected chi connectivity index (χ1v) is 8.53. The maximum absolute atomic E-state index is 12.0. The smallest absolute Gasteiger partial charge is 0.192 e. The summed E-state index contributed by atoms with van der Waals surface area (Å²) in [6, 6.07) is 15.1. The van der Waals surface area contributed by atoms with Gasteiger partial charge < -0.3 is 0 Å². The lowest BCUT2D eigenvalue weighted by molar-refractivity contribution is 0.101. The summed E-state index contributed by atoms with van der Waals surface area (Å²) >= 11 is 0. The van der Waals surface area contributed by atoms with Gasteiger partial charge in [-0.1, -0.05) is 90.5 Å². The van der Waals surface area contributed by atoms with E-state index in [1.165, 1.54) is 5.56 Å². The third-order valence-corrected chi connectivity index (χ3v) is 3.72. The minimum Gasteiger partial charge on any atom is -0.295 e.